The van der Waals surface area contributed by atoms with E-state index >= 15 is 0 Å². The summed E-state index contributed by atoms with van der Waals surface area (Å²) in [6.45, 7) is 4.05. The summed E-state index contributed by atoms with van der Waals surface area (Å²) < 4.78 is 0. The van der Waals surface area contributed by atoms with Gasteiger partial charge >= 0.3 is 0 Å². The minimum absolute atomic E-state index is 0.0374. The number of pyridine rings is 1. The third-order valence-electron chi connectivity index (χ3n) is 2.79. The van der Waals surface area contributed by atoms with E-state index in [1.807, 2.05) is 30.5 Å². The van der Waals surface area contributed by atoms with Gasteiger partial charge in [-0.2, -0.15) is 0 Å². The SMILES string of the molecule is CC[C@H](C)NC(=O)c1ccnc(-c2cccs2)c1. The first-order chi connectivity index (χ1) is 8.70. The molecule has 0 fully saturated rings. The van der Waals surface area contributed by atoms with Crippen molar-refractivity contribution < 1.29 is 4.79 Å². The van der Waals surface area contributed by atoms with Gasteiger partial charge in [0.15, 0.2) is 0 Å². The smallest absolute Gasteiger partial charge is 0.251 e. The Morgan fingerprint density at radius 2 is 2.33 bits per heavy atom. The number of amides is 1. The van der Waals surface area contributed by atoms with E-state index in [-0.39, 0.29) is 11.9 Å². The molecular weight excluding hydrogens is 244 g/mol. The Bertz CT molecular complexity index is 522. The molecule has 4 heteroatoms. The molecule has 0 bridgehead atoms. The van der Waals surface area contributed by atoms with Crippen LogP contribution in [-0.4, -0.2) is 16.9 Å². The number of carbonyl (C=O) groups is 1. The zero-order valence-electron chi connectivity index (χ0n) is 10.5. The minimum atomic E-state index is -0.0374. The zero-order chi connectivity index (χ0) is 13.0. The van der Waals surface area contributed by atoms with Crippen molar-refractivity contribution in [2.24, 2.45) is 0 Å². The Morgan fingerprint density at radius 3 is 3.00 bits per heavy atom. The van der Waals surface area contributed by atoms with E-state index < -0.39 is 0 Å². The summed E-state index contributed by atoms with van der Waals surface area (Å²) in [5, 5.41) is 4.96. The van der Waals surface area contributed by atoms with Crippen molar-refractivity contribution in [1.29, 1.82) is 0 Å². The van der Waals surface area contributed by atoms with Gasteiger partial charge in [0.2, 0.25) is 0 Å². The van der Waals surface area contributed by atoms with Crippen LogP contribution in [0.1, 0.15) is 30.6 Å². The lowest BCUT2D eigenvalue weighted by Gasteiger charge is -2.11. The second kappa shape index (κ2) is 5.78. The Morgan fingerprint density at radius 1 is 1.50 bits per heavy atom. The number of carbonyl (C=O) groups excluding carboxylic acids is 1. The molecule has 0 aliphatic heterocycles. The highest BCUT2D eigenvalue weighted by molar-refractivity contribution is 7.13. The molecule has 0 saturated heterocycles. The lowest BCUT2D eigenvalue weighted by atomic mass is 10.1. The Kier molecular flexibility index (Phi) is 4.10. The van der Waals surface area contributed by atoms with Crippen LogP contribution in [0.4, 0.5) is 0 Å². The van der Waals surface area contributed by atoms with Gasteiger partial charge in [-0.05, 0) is 36.9 Å². The van der Waals surface area contributed by atoms with Crippen LogP contribution in [0, 0.1) is 0 Å². The lowest BCUT2D eigenvalue weighted by molar-refractivity contribution is 0.0939. The summed E-state index contributed by atoms with van der Waals surface area (Å²) in [7, 11) is 0. The number of aromatic nitrogens is 1. The van der Waals surface area contributed by atoms with Crippen molar-refractivity contribution in [3.05, 3.63) is 41.4 Å². The third kappa shape index (κ3) is 2.96. The molecule has 0 aliphatic carbocycles. The quantitative estimate of drug-likeness (QED) is 0.916. The number of nitrogens with zero attached hydrogens (tertiary/aromatic N) is 1. The summed E-state index contributed by atoms with van der Waals surface area (Å²) in [6, 6.07) is 7.76. The molecule has 2 heterocycles. The van der Waals surface area contributed by atoms with E-state index in [1.165, 1.54) is 0 Å². The van der Waals surface area contributed by atoms with Gasteiger partial charge in [0.05, 0.1) is 10.6 Å². The van der Waals surface area contributed by atoms with E-state index in [9.17, 15) is 4.79 Å². The van der Waals surface area contributed by atoms with Gasteiger partial charge in [0.25, 0.3) is 5.91 Å². The highest BCUT2D eigenvalue weighted by Gasteiger charge is 2.10. The molecule has 0 unspecified atom stereocenters. The highest BCUT2D eigenvalue weighted by atomic mass is 32.1. The summed E-state index contributed by atoms with van der Waals surface area (Å²) in [4.78, 5) is 17.4. The Labute approximate surface area is 111 Å². The summed E-state index contributed by atoms with van der Waals surface area (Å²) in [5.74, 6) is -0.0374. The monoisotopic (exact) mass is 260 g/mol. The Balaban J connectivity index is 2.20. The first kappa shape index (κ1) is 12.8. The van der Waals surface area contributed by atoms with Crippen LogP contribution >= 0.6 is 11.3 Å². The van der Waals surface area contributed by atoms with Gasteiger partial charge < -0.3 is 5.32 Å². The van der Waals surface area contributed by atoms with Crippen molar-refractivity contribution >= 4 is 17.2 Å². The molecule has 0 saturated carbocycles. The van der Waals surface area contributed by atoms with Crippen molar-refractivity contribution in [2.75, 3.05) is 0 Å². The molecule has 18 heavy (non-hydrogen) atoms. The number of hydrogen-bond donors (Lipinski definition) is 1. The summed E-state index contributed by atoms with van der Waals surface area (Å²) >= 11 is 1.62. The van der Waals surface area contributed by atoms with Crippen LogP contribution in [0.15, 0.2) is 35.8 Å². The average Bonchev–Trinajstić information content (AvgIpc) is 2.92. The molecule has 0 aliphatic rings. The minimum Gasteiger partial charge on any atom is -0.350 e. The number of nitrogens with one attached hydrogen (secondary N) is 1. The average molecular weight is 260 g/mol. The van der Waals surface area contributed by atoms with E-state index in [4.69, 9.17) is 0 Å². The standard InChI is InChI=1S/C14H16N2OS/c1-3-10(2)16-14(17)11-6-7-15-12(9-11)13-5-4-8-18-13/h4-10H,3H2,1-2H3,(H,16,17)/t10-/m0/s1. The van der Waals surface area contributed by atoms with E-state index in [0.29, 0.717) is 5.56 Å². The van der Waals surface area contributed by atoms with E-state index in [2.05, 4.69) is 17.2 Å². The van der Waals surface area contributed by atoms with Crippen LogP contribution in [0.25, 0.3) is 10.6 Å². The van der Waals surface area contributed by atoms with E-state index in [0.717, 1.165) is 17.0 Å². The molecule has 2 aromatic rings. The number of rotatable bonds is 4. The molecule has 2 rings (SSSR count). The van der Waals surface area contributed by atoms with Crippen molar-refractivity contribution in [1.82, 2.24) is 10.3 Å². The maximum absolute atomic E-state index is 12.0. The van der Waals surface area contributed by atoms with Gasteiger partial charge in [-0.15, -0.1) is 11.3 Å². The fourth-order valence-electron chi connectivity index (χ4n) is 1.54. The van der Waals surface area contributed by atoms with Gasteiger partial charge in [0, 0.05) is 17.8 Å². The molecule has 0 radical (unpaired) electrons. The van der Waals surface area contributed by atoms with Crippen molar-refractivity contribution in [3.8, 4) is 10.6 Å². The highest BCUT2D eigenvalue weighted by Crippen LogP contribution is 2.22. The molecule has 0 aromatic carbocycles. The van der Waals surface area contributed by atoms with Crippen molar-refractivity contribution in [2.45, 2.75) is 26.3 Å². The first-order valence-electron chi connectivity index (χ1n) is 6.01. The number of thiophene rings is 1. The van der Waals surface area contributed by atoms with Crippen LogP contribution in [0.2, 0.25) is 0 Å². The fourth-order valence-corrected chi connectivity index (χ4v) is 2.23. The maximum Gasteiger partial charge on any atom is 0.251 e. The first-order valence-corrected chi connectivity index (χ1v) is 6.89. The molecule has 94 valence electrons. The maximum atomic E-state index is 12.0. The molecular formula is C14H16N2OS. The van der Waals surface area contributed by atoms with Gasteiger partial charge in [-0.3, -0.25) is 9.78 Å². The number of hydrogen-bond acceptors (Lipinski definition) is 3. The zero-order valence-corrected chi connectivity index (χ0v) is 11.3. The second-order valence-electron chi connectivity index (χ2n) is 4.19. The summed E-state index contributed by atoms with van der Waals surface area (Å²) in [5.41, 5.74) is 1.51. The Hall–Kier alpha value is -1.68. The predicted molar refractivity (Wildman–Crippen MR) is 74.8 cm³/mol. The molecule has 1 N–H and O–H groups in total. The van der Waals surface area contributed by atoms with E-state index in [1.54, 1.807) is 23.6 Å². The molecule has 3 nitrogen and oxygen atoms in total. The van der Waals surface area contributed by atoms with Crippen LogP contribution in [0.5, 0.6) is 0 Å². The summed E-state index contributed by atoms with van der Waals surface area (Å²) in [6.07, 6.45) is 2.61. The molecule has 0 spiro atoms. The lowest BCUT2D eigenvalue weighted by Crippen LogP contribution is -2.31. The van der Waals surface area contributed by atoms with Crippen LogP contribution in [-0.2, 0) is 0 Å². The van der Waals surface area contributed by atoms with Gasteiger partial charge in [0.1, 0.15) is 0 Å². The second-order valence-corrected chi connectivity index (χ2v) is 5.14. The molecule has 1 amide bonds. The predicted octanol–water partition coefficient (Wildman–Crippen LogP) is 3.34. The van der Waals surface area contributed by atoms with Crippen molar-refractivity contribution in [3.63, 3.8) is 0 Å². The topological polar surface area (TPSA) is 42.0 Å². The van der Waals surface area contributed by atoms with Gasteiger partial charge in [-0.1, -0.05) is 13.0 Å². The van der Waals surface area contributed by atoms with Crippen LogP contribution < -0.4 is 5.32 Å². The fraction of sp³-hybridized carbons (Fsp3) is 0.286. The molecule has 1 atom stereocenters. The third-order valence-corrected chi connectivity index (χ3v) is 3.68. The molecule has 2 aromatic heterocycles. The normalized spacial score (nSPS) is 12.1. The van der Waals surface area contributed by atoms with Crippen LogP contribution in [0.3, 0.4) is 0 Å². The van der Waals surface area contributed by atoms with Gasteiger partial charge in [-0.25, -0.2) is 0 Å². The largest absolute Gasteiger partial charge is 0.350 e.